The summed E-state index contributed by atoms with van der Waals surface area (Å²) in [5.41, 5.74) is 7.18. The molecule has 1 aromatic rings. The fraction of sp³-hybridized carbons (Fsp3) is 0.692. The van der Waals surface area contributed by atoms with Gasteiger partial charge in [-0.25, -0.2) is 9.97 Å². The Bertz CT molecular complexity index is 341. The molecule has 0 radical (unpaired) electrons. The topological polar surface area (TPSA) is 55.0 Å². The Hall–Kier alpha value is -1.00. The molecule has 94 valence electrons. The van der Waals surface area contributed by atoms with Gasteiger partial charge in [0.15, 0.2) is 0 Å². The number of aromatic nitrogens is 2. The largest absolute Gasteiger partial charge is 0.321 e. The maximum absolute atomic E-state index is 5.91. The summed E-state index contributed by atoms with van der Waals surface area (Å²) in [6.45, 7) is 4.39. The molecule has 1 aliphatic rings. The summed E-state index contributed by atoms with van der Waals surface area (Å²) in [6.07, 6.45) is 7.23. The highest BCUT2D eigenvalue weighted by molar-refractivity contribution is 5.13. The quantitative estimate of drug-likeness (QED) is 0.865. The van der Waals surface area contributed by atoms with Crippen LogP contribution in [0.5, 0.6) is 0 Å². The summed E-state index contributed by atoms with van der Waals surface area (Å²) in [6, 6.07) is -0.0264. The SMILES string of the molecule is CCC(N)c1ncc(C2CCN(C)CC2)cn1. The van der Waals surface area contributed by atoms with Crippen molar-refractivity contribution in [3.8, 4) is 0 Å². The Morgan fingerprint density at radius 1 is 1.35 bits per heavy atom. The first-order valence-corrected chi connectivity index (χ1v) is 6.46. The Kier molecular flexibility index (Phi) is 4.07. The molecule has 0 aromatic carbocycles. The van der Waals surface area contributed by atoms with Crippen LogP contribution in [0.15, 0.2) is 12.4 Å². The van der Waals surface area contributed by atoms with E-state index in [0.717, 1.165) is 12.2 Å². The van der Waals surface area contributed by atoms with Gasteiger partial charge in [0.2, 0.25) is 0 Å². The molecule has 0 saturated carbocycles. The van der Waals surface area contributed by atoms with Gasteiger partial charge in [0.1, 0.15) is 5.82 Å². The number of rotatable bonds is 3. The molecule has 2 rings (SSSR count). The molecule has 4 heteroatoms. The van der Waals surface area contributed by atoms with E-state index in [4.69, 9.17) is 5.73 Å². The first-order valence-electron chi connectivity index (χ1n) is 6.46. The first-order chi connectivity index (χ1) is 8.20. The van der Waals surface area contributed by atoms with Crippen LogP contribution >= 0.6 is 0 Å². The van der Waals surface area contributed by atoms with E-state index in [1.54, 1.807) is 0 Å². The van der Waals surface area contributed by atoms with E-state index in [2.05, 4.69) is 28.8 Å². The molecule has 0 amide bonds. The maximum atomic E-state index is 5.91. The van der Waals surface area contributed by atoms with Crippen LogP contribution in [0.3, 0.4) is 0 Å². The van der Waals surface area contributed by atoms with Crippen molar-refractivity contribution in [2.45, 2.75) is 38.1 Å². The van der Waals surface area contributed by atoms with E-state index >= 15 is 0 Å². The van der Waals surface area contributed by atoms with E-state index in [9.17, 15) is 0 Å². The normalized spacial score (nSPS) is 20.4. The van der Waals surface area contributed by atoms with Gasteiger partial charge >= 0.3 is 0 Å². The third-order valence-corrected chi connectivity index (χ3v) is 3.65. The predicted octanol–water partition coefficient (Wildman–Crippen LogP) is 1.70. The van der Waals surface area contributed by atoms with Crippen molar-refractivity contribution >= 4 is 0 Å². The van der Waals surface area contributed by atoms with Gasteiger partial charge < -0.3 is 10.6 Å². The molecule has 1 atom stereocenters. The summed E-state index contributed by atoms with van der Waals surface area (Å²) < 4.78 is 0. The van der Waals surface area contributed by atoms with Gasteiger partial charge in [0.25, 0.3) is 0 Å². The van der Waals surface area contributed by atoms with Gasteiger partial charge in [0.05, 0.1) is 6.04 Å². The minimum atomic E-state index is -0.0264. The zero-order valence-corrected chi connectivity index (χ0v) is 10.8. The smallest absolute Gasteiger partial charge is 0.144 e. The molecule has 0 spiro atoms. The molecule has 1 unspecified atom stereocenters. The lowest BCUT2D eigenvalue weighted by atomic mass is 9.91. The molecule has 0 bridgehead atoms. The predicted molar refractivity (Wildman–Crippen MR) is 68.7 cm³/mol. The standard InChI is InChI=1S/C13H22N4/c1-3-12(14)13-15-8-11(9-16-13)10-4-6-17(2)7-5-10/h8-10,12H,3-7,14H2,1-2H3. The number of piperidine rings is 1. The Morgan fingerprint density at radius 2 is 1.94 bits per heavy atom. The lowest BCUT2D eigenvalue weighted by Crippen LogP contribution is -2.29. The zero-order valence-electron chi connectivity index (χ0n) is 10.8. The summed E-state index contributed by atoms with van der Waals surface area (Å²) in [4.78, 5) is 11.2. The molecule has 0 aliphatic carbocycles. The molecule has 1 aliphatic heterocycles. The van der Waals surface area contributed by atoms with Gasteiger partial charge in [0, 0.05) is 12.4 Å². The van der Waals surface area contributed by atoms with Crippen molar-refractivity contribution in [3.63, 3.8) is 0 Å². The Balaban J connectivity index is 2.02. The molecule has 2 N–H and O–H groups in total. The van der Waals surface area contributed by atoms with Crippen LogP contribution in [0.2, 0.25) is 0 Å². The van der Waals surface area contributed by atoms with Gasteiger partial charge in [-0.2, -0.15) is 0 Å². The maximum Gasteiger partial charge on any atom is 0.144 e. The molecule has 1 aromatic heterocycles. The molecular formula is C13H22N4. The second-order valence-corrected chi connectivity index (χ2v) is 4.97. The van der Waals surface area contributed by atoms with Crippen LogP contribution in [0.25, 0.3) is 0 Å². The fourth-order valence-electron chi connectivity index (χ4n) is 2.27. The highest BCUT2D eigenvalue weighted by Crippen LogP contribution is 2.26. The van der Waals surface area contributed by atoms with Crippen molar-refractivity contribution in [2.75, 3.05) is 20.1 Å². The van der Waals surface area contributed by atoms with E-state index in [1.165, 1.54) is 31.5 Å². The fourth-order valence-corrected chi connectivity index (χ4v) is 2.27. The minimum Gasteiger partial charge on any atom is -0.321 e. The third-order valence-electron chi connectivity index (χ3n) is 3.65. The number of likely N-dealkylation sites (tertiary alicyclic amines) is 1. The summed E-state index contributed by atoms with van der Waals surface area (Å²) in [5.74, 6) is 1.39. The number of hydrogen-bond donors (Lipinski definition) is 1. The summed E-state index contributed by atoms with van der Waals surface area (Å²) >= 11 is 0. The van der Waals surface area contributed by atoms with Crippen molar-refractivity contribution in [3.05, 3.63) is 23.8 Å². The molecule has 1 saturated heterocycles. The molecule has 4 nitrogen and oxygen atoms in total. The zero-order chi connectivity index (χ0) is 12.3. The van der Waals surface area contributed by atoms with Gasteiger partial charge in [-0.15, -0.1) is 0 Å². The Labute approximate surface area is 103 Å². The number of hydrogen-bond acceptors (Lipinski definition) is 4. The Morgan fingerprint density at radius 3 is 2.47 bits per heavy atom. The van der Waals surface area contributed by atoms with Crippen LogP contribution in [-0.4, -0.2) is 35.0 Å². The summed E-state index contributed by atoms with van der Waals surface area (Å²) in [5, 5.41) is 0. The van der Waals surface area contributed by atoms with Crippen molar-refractivity contribution in [2.24, 2.45) is 5.73 Å². The van der Waals surface area contributed by atoms with E-state index < -0.39 is 0 Å². The highest BCUT2D eigenvalue weighted by atomic mass is 15.1. The minimum absolute atomic E-state index is 0.0264. The summed E-state index contributed by atoms with van der Waals surface area (Å²) in [7, 11) is 2.18. The molecule has 17 heavy (non-hydrogen) atoms. The second kappa shape index (κ2) is 5.56. The van der Waals surface area contributed by atoms with Crippen molar-refractivity contribution in [1.29, 1.82) is 0 Å². The molecule has 2 heterocycles. The van der Waals surface area contributed by atoms with Crippen LogP contribution in [0.1, 0.15) is 49.5 Å². The van der Waals surface area contributed by atoms with Crippen LogP contribution in [0.4, 0.5) is 0 Å². The van der Waals surface area contributed by atoms with Gasteiger partial charge in [-0.05, 0) is 50.9 Å². The number of nitrogens with two attached hydrogens (primary N) is 1. The van der Waals surface area contributed by atoms with Gasteiger partial charge in [-0.3, -0.25) is 0 Å². The average Bonchev–Trinajstić information content (AvgIpc) is 2.39. The van der Waals surface area contributed by atoms with Crippen LogP contribution in [0, 0.1) is 0 Å². The monoisotopic (exact) mass is 234 g/mol. The highest BCUT2D eigenvalue weighted by Gasteiger charge is 2.19. The second-order valence-electron chi connectivity index (χ2n) is 4.97. The molecule has 1 fully saturated rings. The average molecular weight is 234 g/mol. The molecular weight excluding hydrogens is 212 g/mol. The lowest BCUT2D eigenvalue weighted by molar-refractivity contribution is 0.255. The van der Waals surface area contributed by atoms with E-state index in [1.807, 2.05) is 12.4 Å². The van der Waals surface area contributed by atoms with E-state index in [0.29, 0.717) is 5.92 Å². The third kappa shape index (κ3) is 3.01. The van der Waals surface area contributed by atoms with E-state index in [-0.39, 0.29) is 6.04 Å². The van der Waals surface area contributed by atoms with Crippen LogP contribution < -0.4 is 5.73 Å². The van der Waals surface area contributed by atoms with Crippen molar-refractivity contribution < 1.29 is 0 Å². The first kappa shape index (κ1) is 12.5. The van der Waals surface area contributed by atoms with Gasteiger partial charge in [-0.1, -0.05) is 6.92 Å². The number of nitrogens with zero attached hydrogens (tertiary/aromatic N) is 3. The van der Waals surface area contributed by atoms with Crippen LogP contribution in [-0.2, 0) is 0 Å². The lowest BCUT2D eigenvalue weighted by Gasteiger charge is -2.28. The van der Waals surface area contributed by atoms with Crippen molar-refractivity contribution in [1.82, 2.24) is 14.9 Å².